The van der Waals surface area contributed by atoms with Crippen LogP contribution in [0.15, 0.2) is 59.8 Å². The summed E-state index contributed by atoms with van der Waals surface area (Å²) < 4.78 is 0. The Morgan fingerprint density at radius 1 is 1.04 bits per heavy atom. The number of amides is 1. The lowest BCUT2D eigenvalue weighted by Crippen LogP contribution is -2.51. The molecule has 1 fully saturated rings. The lowest BCUT2D eigenvalue weighted by Gasteiger charge is -2.36. The molecule has 3 rings (SSSR count). The van der Waals surface area contributed by atoms with Gasteiger partial charge in [0.1, 0.15) is 0 Å². The normalized spacial score (nSPS) is 15.9. The second kappa shape index (κ2) is 8.52. The van der Waals surface area contributed by atoms with E-state index in [-0.39, 0.29) is 5.91 Å². The lowest BCUT2D eigenvalue weighted by atomic mass is 10.1. The van der Waals surface area contributed by atoms with Crippen LogP contribution in [0.5, 0.6) is 0 Å². The summed E-state index contributed by atoms with van der Waals surface area (Å²) in [6, 6.07) is 18.2. The van der Waals surface area contributed by atoms with Crippen molar-refractivity contribution in [2.24, 2.45) is 5.16 Å². The Morgan fingerprint density at radius 2 is 1.69 bits per heavy atom. The number of hydrogen-bond acceptors (Lipinski definition) is 4. The summed E-state index contributed by atoms with van der Waals surface area (Å²) in [7, 11) is 0. The Morgan fingerprint density at radius 3 is 2.38 bits per heavy atom. The van der Waals surface area contributed by atoms with Gasteiger partial charge in [-0.15, -0.1) is 0 Å². The van der Waals surface area contributed by atoms with Crippen molar-refractivity contribution in [2.45, 2.75) is 20.0 Å². The zero-order valence-electron chi connectivity index (χ0n) is 15.3. The van der Waals surface area contributed by atoms with Gasteiger partial charge in [-0.05, 0) is 37.1 Å². The topological polar surface area (TPSA) is 45.1 Å². The highest BCUT2D eigenvalue weighted by atomic mass is 16.6. The van der Waals surface area contributed by atoms with Crippen molar-refractivity contribution in [3.63, 3.8) is 0 Å². The van der Waals surface area contributed by atoms with Crippen molar-refractivity contribution < 1.29 is 9.63 Å². The van der Waals surface area contributed by atoms with E-state index in [2.05, 4.69) is 22.2 Å². The van der Waals surface area contributed by atoms with E-state index < -0.39 is 6.10 Å². The van der Waals surface area contributed by atoms with Gasteiger partial charge in [-0.25, -0.2) is 0 Å². The first kappa shape index (κ1) is 18.0. The van der Waals surface area contributed by atoms with Gasteiger partial charge < -0.3 is 14.6 Å². The van der Waals surface area contributed by atoms with E-state index in [9.17, 15) is 4.79 Å². The standard InChI is InChI=1S/C21H25N3O2/c1-17-8-6-7-9-19(17)16-22-26-18(2)21(25)24-14-12-23(13-15-24)20-10-4-3-5-11-20/h3-11,16,18H,12-15H2,1-2H3/b22-16+. The molecule has 1 heterocycles. The van der Waals surface area contributed by atoms with Crippen LogP contribution < -0.4 is 4.90 Å². The molecule has 1 atom stereocenters. The second-order valence-electron chi connectivity index (χ2n) is 6.49. The van der Waals surface area contributed by atoms with E-state index in [1.165, 1.54) is 5.69 Å². The number of rotatable bonds is 5. The zero-order chi connectivity index (χ0) is 18.4. The number of aryl methyl sites for hydroxylation is 1. The maximum Gasteiger partial charge on any atom is 0.266 e. The number of para-hydroxylation sites is 1. The maximum atomic E-state index is 12.6. The summed E-state index contributed by atoms with van der Waals surface area (Å²) in [6.45, 7) is 6.82. The van der Waals surface area contributed by atoms with E-state index >= 15 is 0 Å². The molecule has 0 spiro atoms. The van der Waals surface area contributed by atoms with Crippen LogP contribution in [0.2, 0.25) is 0 Å². The van der Waals surface area contributed by atoms with Crippen LogP contribution in [0, 0.1) is 6.92 Å². The molecule has 0 saturated carbocycles. The molecule has 26 heavy (non-hydrogen) atoms. The van der Waals surface area contributed by atoms with Crippen LogP contribution in [0.4, 0.5) is 5.69 Å². The zero-order valence-corrected chi connectivity index (χ0v) is 15.3. The molecule has 0 aromatic heterocycles. The number of carbonyl (C=O) groups is 1. The maximum absolute atomic E-state index is 12.6. The van der Waals surface area contributed by atoms with E-state index in [1.807, 2.05) is 54.3 Å². The van der Waals surface area contributed by atoms with Crippen LogP contribution in [-0.2, 0) is 9.63 Å². The molecule has 1 unspecified atom stereocenters. The van der Waals surface area contributed by atoms with Gasteiger partial charge in [0.25, 0.3) is 5.91 Å². The van der Waals surface area contributed by atoms with Gasteiger partial charge in [0, 0.05) is 31.9 Å². The van der Waals surface area contributed by atoms with Crippen LogP contribution in [0.1, 0.15) is 18.1 Å². The van der Waals surface area contributed by atoms with Crippen molar-refractivity contribution in [2.75, 3.05) is 31.1 Å². The average Bonchev–Trinajstić information content (AvgIpc) is 2.69. The summed E-state index contributed by atoms with van der Waals surface area (Å²) in [5.74, 6) is -0.0142. The number of oxime groups is 1. The first-order chi connectivity index (χ1) is 12.6. The first-order valence-corrected chi connectivity index (χ1v) is 8.99. The highest BCUT2D eigenvalue weighted by molar-refractivity contribution is 5.82. The molecule has 5 heteroatoms. The summed E-state index contributed by atoms with van der Waals surface area (Å²) >= 11 is 0. The third-order valence-electron chi connectivity index (χ3n) is 4.66. The molecule has 5 nitrogen and oxygen atoms in total. The molecule has 1 amide bonds. The van der Waals surface area contributed by atoms with E-state index in [0.717, 1.165) is 24.2 Å². The number of anilines is 1. The van der Waals surface area contributed by atoms with Crippen molar-refractivity contribution in [3.8, 4) is 0 Å². The molecular weight excluding hydrogens is 326 g/mol. The van der Waals surface area contributed by atoms with Gasteiger partial charge >= 0.3 is 0 Å². The smallest absolute Gasteiger partial charge is 0.266 e. The molecule has 0 aliphatic carbocycles. The minimum Gasteiger partial charge on any atom is -0.383 e. The molecule has 0 N–H and O–H groups in total. The van der Waals surface area contributed by atoms with Crippen molar-refractivity contribution in [3.05, 3.63) is 65.7 Å². The molecular formula is C21H25N3O2. The second-order valence-corrected chi connectivity index (χ2v) is 6.49. The number of nitrogens with zero attached hydrogens (tertiary/aromatic N) is 3. The van der Waals surface area contributed by atoms with Crippen molar-refractivity contribution in [1.29, 1.82) is 0 Å². The van der Waals surface area contributed by atoms with Gasteiger partial charge in [0.05, 0.1) is 6.21 Å². The number of carbonyl (C=O) groups excluding carboxylic acids is 1. The molecule has 2 aromatic rings. The van der Waals surface area contributed by atoms with Crippen molar-refractivity contribution >= 4 is 17.8 Å². The summed E-state index contributed by atoms with van der Waals surface area (Å²) in [4.78, 5) is 22.1. The first-order valence-electron chi connectivity index (χ1n) is 8.99. The molecule has 1 saturated heterocycles. The van der Waals surface area contributed by atoms with E-state index in [0.29, 0.717) is 13.1 Å². The fourth-order valence-electron chi connectivity index (χ4n) is 3.04. The predicted molar refractivity (Wildman–Crippen MR) is 105 cm³/mol. The van der Waals surface area contributed by atoms with Crippen molar-refractivity contribution in [1.82, 2.24) is 4.90 Å². The Balaban J connectivity index is 1.49. The Labute approximate surface area is 154 Å². The third kappa shape index (κ3) is 4.42. The van der Waals surface area contributed by atoms with Crippen LogP contribution >= 0.6 is 0 Å². The van der Waals surface area contributed by atoms with Crippen LogP contribution in [0.25, 0.3) is 0 Å². The molecule has 1 aliphatic rings. The highest BCUT2D eigenvalue weighted by Gasteiger charge is 2.26. The SMILES string of the molecule is Cc1ccccc1/C=N/OC(C)C(=O)N1CCN(c2ccccc2)CC1. The predicted octanol–water partition coefficient (Wildman–Crippen LogP) is 3.08. The molecule has 136 valence electrons. The molecule has 0 radical (unpaired) electrons. The fourth-order valence-corrected chi connectivity index (χ4v) is 3.04. The summed E-state index contributed by atoms with van der Waals surface area (Å²) in [5.41, 5.74) is 3.31. The van der Waals surface area contributed by atoms with Gasteiger partial charge in [0.15, 0.2) is 0 Å². The van der Waals surface area contributed by atoms with E-state index in [1.54, 1.807) is 13.1 Å². The molecule has 1 aliphatic heterocycles. The molecule has 0 bridgehead atoms. The monoisotopic (exact) mass is 351 g/mol. The quantitative estimate of drug-likeness (QED) is 0.614. The number of benzene rings is 2. The Hall–Kier alpha value is -2.82. The average molecular weight is 351 g/mol. The van der Waals surface area contributed by atoms with Gasteiger partial charge in [-0.1, -0.05) is 47.6 Å². The van der Waals surface area contributed by atoms with Crippen LogP contribution in [0.3, 0.4) is 0 Å². The largest absolute Gasteiger partial charge is 0.383 e. The van der Waals surface area contributed by atoms with E-state index in [4.69, 9.17) is 4.84 Å². The van der Waals surface area contributed by atoms with Gasteiger partial charge in [-0.2, -0.15) is 0 Å². The minimum atomic E-state index is -0.585. The minimum absolute atomic E-state index is 0.0142. The molecule has 2 aromatic carbocycles. The summed E-state index contributed by atoms with van der Waals surface area (Å²) in [5, 5.41) is 4.00. The summed E-state index contributed by atoms with van der Waals surface area (Å²) in [6.07, 6.45) is 1.07. The van der Waals surface area contributed by atoms with Gasteiger partial charge in [-0.3, -0.25) is 4.79 Å². The number of hydrogen-bond donors (Lipinski definition) is 0. The fraction of sp³-hybridized carbons (Fsp3) is 0.333. The van der Waals surface area contributed by atoms with Gasteiger partial charge in [0.2, 0.25) is 6.10 Å². The number of piperazine rings is 1. The Kier molecular flexibility index (Phi) is 5.89. The van der Waals surface area contributed by atoms with Crippen LogP contribution in [-0.4, -0.2) is 49.3 Å². The lowest BCUT2D eigenvalue weighted by molar-refractivity contribution is -0.142. The Bertz CT molecular complexity index is 753. The third-order valence-corrected chi connectivity index (χ3v) is 4.66. The highest BCUT2D eigenvalue weighted by Crippen LogP contribution is 2.16.